The summed E-state index contributed by atoms with van der Waals surface area (Å²) < 4.78 is 37.0. The monoisotopic (exact) mass is 207 g/mol. The van der Waals surface area contributed by atoms with E-state index in [1.165, 1.54) is 0 Å². The van der Waals surface area contributed by atoms with Crippen molar-refractivity contribution in [2.75, 3.05) is 6.54 Å². The van der Waals surface area contributed by atoms with Gasteiger partial charge in [0.05, 0.1) is 12.2 Å². The van der Waals surface area contributed by atoms with Gasteiger partial charge < -0.3 is 5.32 Å². The average Bonchev–Trinajstić information content (AvgIpc) is 2.49. The Bertz CT molecular complexity index is 280. The Kier molecular flexibility index (Phi) is 3.51. The van der Waals surface area contributed by atoms with Crippen molar-refractivity contribution >= 4 is 0 Å². The van der Waals surface area contributed by atoms with Crippen LogP contribution in [0.15, 0.2) is 12.3 Å². The van der Waals surface area contributed by atoms with Gasteiger partial charge in [0.15, 0.2) is 0 Å². The molecule has 0 amide bonds. The van der Waals surface area contributed by atoms with Crippen molar-refractivity contribution in [2.45, 2.75) is 26.2 Å². The van der Waals surface area contributed by atoms with Crippen LogP contribution in [0.5, 0.6) is 0 Å². The second-order valence-electron chi connectivity index (χ2n) is 2.86. The number of aromatic nitrogens is 2. The van der Waals surface area contributed by atoms with Crippen LogP contribution in [0.4, 0.5) is 13.2 Å². The first kappa shape index (κ1) is 11.0. The Morgan fingerprint density at radius 3 is 2.79 bits per heavy atom. The van der Waals surface area contributed by atoms with Gasteiger partial charge in [-0.2, -0.15) is 18.3 Å². The van der Waals surface area contributed by atoms with E-state index in [2.05, 4.69) is 10.4 Å². The standard InChI is InChI=1S/C8H12F3N3/c1-2-14-7(3-4-13-14)5-12-6-8(9,10)11/h3-4,12H,2,5-6H2,1H3. The number of halogens is 3. The van der Waals surface area contributed by atoms with Crippen LogP contribution in [-0.2, 0) is 13.1 Å². The molecule has 0 aliphatic heterocycles. The number of nitrogens with zero attached hydrogens (tertiary/aromatic N) is 2. The van der Waals surface area contributed by atoms with E-state index in [-0.39, 0.29) is 6.54 Å². The molecule has 14 heavy (non-hydrogen) atoms. The molecule has 0 fully saturated rings. The second-order valence-corrected chi connectivity index (χ2v) is 2.86. The van der Waals surface area contributed by atoms with Gasteiger partial charge in [-0.1, -0.05) is 0 Å². The van der Waals surface area contributed by atoms with Crippen LogP contribution >= 0.6 is 0 Å². The lowest BCUT2D eigenvalue weighted by Crippen LogP contribution is -2.29. The molecule has 1 aromatic heterocycles. The van der Waals surface area contributed by atoms with Crippen LogP contribution < -0.4 is 5.32 Å². The molecule has 80 valence electrons. The number of alkyl halides is 3. The molecule has 0 atom stereocenters. The molecule has 1 aromatic rings. The SMILES string of the molecule is CCn1nccc1CNCC(F)(F)F. The lowest BCUT2D eigenvalue weighted by atomic mass is 10.4. The maximum absolute atomic E-state index is 11.8. The maximum atomic E-state index is 11.8. The molecule has 3 nitrogen and oxygen atoms in total. The van der Waals surface area contributed by atoms with Gasteiger partial charge in [-0.15, -0.1) is 0 Å². The van der Waals surface area contributed by atoms with Gasteiger partial charge in [-0.3, -0.25) is 4.68 Å². The molecule has 0 saturated carbocycles. The molecule has 0 aromatic carbocycles. The zero-order chi connectivity index (χ0) is 10.6. The van der Waals surface area contributed by atoms with Crippen molar-refractivity contribution in [1.82, 2.24) is 15.1 Å². The van der Waals surface area contributed by atoms with E-state index in [0.717, 1.165) is 5.69 Å². The number of rotatable bonds is 4. The molecule has 0 aliphatic rings. The van der Waals surface area contributed by atoms with Crippen LogP contribution in [0.3, 0.4) is 0 Å². The van der Waals surface area contributed by atoms with E-state index in [9.17, 15) is 13.2 Å². The van der Waals surface area contributed by atoms with Gasteiger partial charge >= 0.3 is 6.18 Å². The molecule has 1 N–H and O–H groups in total. The minimum Gasteiger partial charge on any atom is -0.303 e. The lowest BCUT2D eigenvalue weighted by Gasteiger charge is -2.08. The van der Waals surface area contributed by atoms with Crippen molar-refractivity contribution in [3.8, 4) is 0 Å². The minimum atomic E-state index is -4.16. The van der Waals surface area contributed by atoms with Crippen molar-refractivity contribution < 1.29 is 13.2 Å². The van der Waals surface area contributed by atoms with Gasteiger partial charge in [0.1, 0.15) is 0 Å². The highest BCUT2D eigenvalue weighted by Crippen LogP contribution is 2.12. The highest BCUT2D eigenvalue weighted by molar-refractivity contribution is 4.99. The molecular formula is C8H12F3N3. The Balaban J connectivity index is 2.38. The molecule has 0 radical (unpaired) electrons. The second kappa shape index (κ2) is 4.45. The fourth-order valence-corrected chi connectivity index (χ4v) is 1.13. The first-order valence-electron chi connectivity index (χ1n) is 4.31. The molecule has 1 rings (SSSR count). The normalized spacial score (nSPS) is 12.0. The van der Waals surface area contributed by atoms with Crippen LogP contribution in [0.1, 0.15) is 12.6 Å². The highest BCUT2D eigenvalue weighted by atomic mass is 19.4. The molecule has 0 spiro atoms. The van der Waals surface area contributed by atoms with Gasteiger partial charge in [0.2, 0.25) is 0 Å². The third-order valence-corrected chi connectivity index (χ3v) is 1.74. The fourth-order valence-electron chi connectivity index (χ4n) is 1.13. The topological polar surface area (TPSA) is 29.9 Å². The smallest absolute Gasteiger partial charge is 0.303 e. The number of hydrogen-bond acceptors (Lipinski definition) is 2. The molecule has 1 heterocycles. The van der Waals surface area contributed by atoms with E-state index in [0.29, 0.717) is 6.54 Å². The summed E-state index contributed by atoms with van der Waals surface area (Å²) in [5.74, 6) is 0. The third-order valence-electron chi connectivity index (χ3n) is 1.74. The number of hydrogen-bond donors (Lipinski definition) is 1. The summed E-state index contributed by atoms with van der Waals surface area (Å²) >= 11 is 0. The van der Waals surface area contributed by atoms with E-state index in [1.807, 2.05) is 6.92 Å². The molecule has 0 saturated heterocycles. The molecular weight excluding hydrogens is 195 g/mol. The Labute approximate surface area is 79.9 Å². The van der Waals surface area contributed by atoms with Gasteiger partial charge in [-0.25, -0.2) is 0 Å². The summed E-state index contributed by atoms with van der Waals surface area (Å²) in [4.78, 5) is 0. The van der Waals surface area contributed by atoms with Crippen molar-refractivity contribution in [1.29, 1.82) is 0 Å². The van der Waals surface area contributed by atoms with Gasteiger partial charge in [0, 0.05) is 19.3 Å². The largest absolute Gasteiger partial charge is 0.401 e. The van der Waals surface area contributed by atoms with Crippen molar-refractivity contribution in [3.63, 3.8) is 0 Å². The predicted octanol–water partition coefficient (Wildman–Crippen LogP) is 1.55. The van der Waals surface area contributed by atoms with Gasteiger partial charge in [-0.05, 0) is 13.0 Å². The van der Waals surface area contributed by atoms with Crippen LogP contribution in [-0.4, -0.2) is 22.5 Å². The maximum Gasteiger partial charge on any atom is 0.401 e. The summed E-state index contributed by atoms with van der Waals surface area (Å²) in [7, 11) is 0. The summed E-state index contributed by atoms with van der Waals surface area (Å²) in [6.45, 7) is 1.77. The van der Waals surface area contributed by atoms with E-state index in [4.69, 9.17) is 0 Å². The molecule has 6 heteroatoms. The van der Waals surface area contributed by atoms with Crippen molar-refractivity contribution in [2.24, 2.45) is 0 Å². The molecule has 0 aliphatic carbocycles. The highest BCUT2D eigenvalue weighted by Gasteiger charge is 2.26. The predicted molar refractivity (Wildman–Crippen MR) is 45.7 cm³/mol. The zero-order valence-electron chi connectivity index (χ0n) is 7.80. The minimum absolute atomic E-state index is 0.188. The van der Waals surface area contributed by atoms with E-state index >= 15 is 0 Å². The van der Waals surface area contributed by atoms with Crippen LogP contribution in [0.2, 0.25) is 0 Å². The van der Waals surface area contributed by atoms with E-state index in [1.54, 1.807) is 16.9 Å². The first-order valence-corrected chi connectivity index (χ1v) is 4.31. The Hall–Kier alpha value is -1.04. The zero-order valence-corrected chi connectivity index (χ0v) is 7.80. The summed E-state index contributed by atoms with van der Waals surface area (Å²) in [6.07, 6.45) is -2.58. The third kappa shape index (κ3) is 3.37. The lowest BCUT2D eigenvalue weighted by molar-refractivity contribution is -0.125. The van der Waals surface area contributed by atoms with Crippen LogP contribution in [0.25, 0.3) is 0 Å². The average molecular weight is 207 g/mol. The first-order chi connectivity index (χ1) is 6.53. The Morgan fingerprint density at radius 2 is 2.21 bits per heavy atom. The quantitative estimate of drug-likeness (QED) is 0.811. The van der Waals surface area contributed by atoms with Gasteiger partial charge in [0.25, 0.3) is 0 Å². The number of nitrogens with one attached hydrogen (secondary N) is 1. The molecule has 0 unspecified atom stereocenters. The fraction of sp³-hybridized carbons (Fsp3) is 0.625. The van der Waals surface area contributed by atoms with Crippen LogP contribution in [0, 0.1) is 0 Å². The van der Waals surface area contributed by atoms with Crippen molar-refractivity contribution in [3.05, 3.63) is 18.0 Å². The number of aryl methyl sites for hydroxylation is 1. The summed E-state index contributed by atoms with van der Waals surface area (Å²) in [5, 5.41) is 6.26. The molecule has 0 bridgehead atoms. The Morgan fingerprint density at radius 1 is 1.50 bits per heavy atom. The van der Waals surface area contributed by atoms with E-state index < -0.39 is 12.7 Å². The summed E-state index contributed by atoms with van der Waals surface area (Å²) in [5.41, 5.74) is 0.761. The summed E-state index contributed by atoms with van der Waals surface area (Å²) in [6, 6.07) is 1.70.